The van der Waals surface area contributed by atoms with Gasteiger partial charge in [-0.25, -0.2) is 4.98 Å². The molecule has 0 aliphatic heterocycles. The first kappa shape index (κ1) is 11.4. The van der Waals surface area contributed by atoms with Crippen molar-refractivity contribution in [3.05, 3.63) is 9.48 Å². The Morgan fingerprint density at radius 2 is 2.09 bits per heavy atom. The van der Waals surface area contributed by atoms with E-state index in [0.29, 0.717) is 11.0 Å². The van der Waals surface area contributed by atoms with Crippen LogP contribution in [0.15, 0.2) is 3.79 Å². The Hall–Kier alpha value is 0.390. The van der Waals surface area contributed by atoms with E-state index in [2.05, 4.69) is 34.8 Å². The molecule has 11 heavy (non-hydrogen) atoms. The van der Waals surface area contributed by atoms with Crippen LogP contribution < -0.4 is 5.73 Å². The van der Waals surface area contributed by atoms with Gasteiger partial charge in [-0.1, -0.05) is 25.2 Å². The minimum absolute atomic E-state index is 0. The Balaban J connectivity index is 0.000001000. The lowest BCUT2D eigenvalue weighted by molar-refractivity contribution is 0.829. The van der Waals surface area contributed by atoms with Crippen LogP contribution in [0.1, 0.15) is 25.5 Å². The maximum absolute atomic E-state index is 5.49. The highest BCUT2D eigenvalue weighted by atomic mass is 79.9. The maximum atomic E-state index is 5.49. The van der Waals surface area contributed by atoms with E-state index in [1.165, 1.54) is 11.3 Å². The molecule has 0 saturated carbocycles. The third-order valence-corrected chi connectivity index (χ3v) is 2.75. The third-order valence-electron chi connectivity index (χ3n) is 1.17. The van der Waals surface area contributed by atoms with Crippen molar-refractivity contribution >= 4 is 49.4 Å². The number of aromatic nitrogens is 1. The number of halogens is 2. The number of rotatable bonds is 1. The fourth-order valence-electron chi connectivity index (χ4n) is 0.686. The summed E-state index contributed by atoms with van der Waals surface area (Å²) >= 11 is 4.87. The van der Waals surface area contributed by atoms with Crippen LogP contribution in [0.3, 0.4) is 0 Å². The van der Waals surface area contributed by atoms with Gasteiger partial charge in [0.2, 0.25) is 0 Å². The van der Waals surface area contributed by atoms with Crippen LogP contribution in [-0.4, -0.2) is 4.98 Å². The molecule has 2 nitrogen and oxygen atoms in total. The van der Waals surface area contributed by atoms with Crippen LogP contribution in [-0.2, 0) is 0 Å². The lowest BCUT2D eigenvalue weighted by Gasteiger charge is -1.97. The average Bonchev–Trinajstić information content (AvgIpc) is 2.10. The quantitative estimate of drug-likeness (QED) is 0.865. The second-order valence-corrected chi connectivity index (χ2v) is 4.71. The summed E-state index contributed by atoms with van der Waals surface area (Å²) in [5.74, 6) is 0.447. The van der Waals surface area contributed by atoms with Gasteiger partial charge in [-0.15, -0.1) is 17.0 Å². The maximum Gasteiger partial charge on any atom is 0.181 e. The molecule has 1 rings (SSSR count). The molecule has 0 bridgehead atoms. The first-order chi connectivity index (χ1) is 4.61. The minimum atomic E-state index is 0. The number of thiazole rings is 1. The summed E-state index contributed by atoms with van der Waals surface area (Å²) in [6, 6.07) is 0. The Bertz CT molecular complexity index is 234. The Morgan fingerprint density at radius 3 is 2.27 bits per heavy atom. The molecule has 1 aromatic rings. The number of nitrogens with two attached hydrogens (primary N) is 1. The van der Waals surface area contributed by atoms with E-state index >= 15 is 0 Å². The Kier molecular flexibility index (Phi) is 4.58. The SMILES string of the molecule is Br.CC(C)c1nc(N)sc1Br. The molecule has 0 aliphatic rings. The van der Waals surface area contributed by atoms with Crippen molar-refractivity contribution in [2.75, 3.05) is 5.73 Å². The fourth-order valence-corrected chi connectivity index (χ4v) is 2.44. The summed E-state index contributed by atoms with van der Waals surface area (Å²) in [5, 5.41) is 0.635. The van der Waals surface area contributed by atoms with Crippen LogP contribution in [0, 0.1) is 0 Å². The molecule has 0 aliphatic carbocycles. The summed E-state index contributed by atoms with van der Waals surface area (Å²) in [6.45, 7) is 4.19. The zero-order valence-corrected chi connectivity index (χ0v) is 10.4. The smallest absolute Gasteiger partial charge is 0.181 e. The van der Waals surface area contributed by atoms with Gasteiger partial charge in [0, 0.05) is 0 Å². The predicted octanol–water partition coefficient (Wildman–Crippen LogP) is 3.19. The fraction of sp³-hybridized carbons (Fsp3) is 0.500. The predicted molar refractivity (Wildman–Crippen MR) is 58.6 cm³/mol. The number of nitrogens with zero attached hydrogens (tertiary/aromatic N) is 1. The van der Waals surface area contributed by atoms with Gasteiger partial charge in [0.15, 0.2) is 5.13 Å². The van der Waals surface area contributed by atoms with E-state index in [0.717, 1.165) is 9.48 Å². The van der Waals surface area contributed by atoms with E-state index in [9.17, 15) is 0 Å². The molecule has 2 N–H and O–H groups in total. The second kappa shape index (κ2) is 4.42. The van der Waals surface area contributed by atoms with Crippen LogP contribution in [0.4, 0.5) is 5.13 Å². The molecule has 0 unspecified atom stereocenters. The first-order valence-electron chi connectivity index (χ1n) is 3.03. The zero-order valence-electron chi connectivity index (χ0n) is 6.30. The van der Waals surface area contributed by atoms with Crippen molar-refractivity contribution in [1.29, 1.82) is 0 Å². The zero-order chi connectivity index (χ0) is 7.72. The van der Waals surface area contributed by atoms with Gasteiger partial charge in [-0.05, 0) is 21.8 Å². The normalized spacial score (nSPS) is 9.82. The number of hydrogen-bond acceptors (Lipinski definition) is 3. The van der Waals surface area contributed by atoms with E-state index < -0.39 is 0 Å². The molecule has 0 atom stereocenters. The number of hydrogen-bond donors (Lipinski definition) is 1. The average molecular weight is 302 g/mol. The van der Waals surface area contributed by atoms with Gasteiger partial charge in [-0.2, -0.15) is 0 Å². The minimum Gasteiger partial charge on any atom is -0.375 e. The van der Waals surface area contributed by atoms with Gasteiger partial charge >= 0.3 is 0 Å². The third kappa shape index (κ3) is 2.72. The van der Waals surface area contributed by atoms with Crippen LogP contribution in [0.25, 0.3) is 0 Å². The molecule has 0 saturated heterocycles. The summed E-state index contributed by atoms with van der Waals surface area (Å²) in [5.41, 5.74) is 6.55. The van der Waals surface area contributed by atoms with Crippen molar-refractivity contribution in [3.63, 3.8) is 0 Å². The molecule has 5 heteroatoms. The molecule has 1 heterocycles. The lowest BCUT2D eigenvalue weighted by Crippen LogP contribution is -1.89. The molecule has 1 aromatic heterocycles. The van der Waals surface area contributed by atoms with Crippen LogP contribution >= 0.6 is 44.2 Å². The molecule has 0 radical (unpaired) electrons. The summed E-state index contributed by atoms with van der Waals surface area (Å²) in [7, 11) is 0. The van der Waals surface area contributed by atoms with Crippen molar-refractivity contribution in [1.82, 2.24) is 4.98 Å². The molecule has 0 amide bonds. The van der Waals surface area contributed by atoms with Crippen molar-refractivity contribution in [3.8, 4) is 0 Å². The monoisotopic (exact) mass is 300 g/mol. The summed E-state index contributed by atoms with van der Waals surface area (Å²) in [6.07, 6.45) is 0. The van der Waals surface area contributed by atoms with Gasteiger partial charge < -0.3 is 5.73 Å². The Labute approximate surface area is 89.1 Å². The van der Waals surface area contributed by atoms with Crippen molar-refractivity contribution < 1.29 is 0 Å². The highest BCUT2D eigenvalue weighted by Crippen LogP contribution is 2.30. The molecule has 64 valence electrons. The summed E-state index contributed by atoms with van der Waals surface area (Å²) < 4.78 is 1.06. The van der Waals surface area contributed by atoms with Crippen LogP contribution in [0.2, 0.25) is 0 Å². The van der Waals surface area contributed by atoms with Crippen molar-refractivity contribution in [2.24, 2.45) is 0 Å². The molecular formula is C6H10Br2N2S. The van der Waals surface area contributed by atoms with E-state index in [1.807, 2.05) is 0 Å². The molecule has 0 aromatic carbocycles. The summed E-state index contributed by atoms with van der Waals surface area (Å²) in [4.78, 5) is 4.16. The van der Waals surface area contributed by atoms with Gasteiger partial charge in [-0.3, -0.25) is 0 Å². The molecule has 0 spiro atoms. The molecular weight excluding hydrogens is 292 g/mol. The number of nitrogen functional groups attached to an aromatic ring is 1. The van der Waals surface area contributed by atoms with Crippen LogP contribution in [0.5, 0.6) is 0 Å². The van der Waals surface area contributed by atoms with E-state index in [-0.39, 0.29) is 17.0 Å². The highest BCUT2D eigenvalue weighted by molar-refractivity contribution is 9.11. The van der Waals surface area contributed by atoms with Gasteiger partial charge in [0.25, 0.3) is 0 Å². The Morgan fingerprint density at radius 1 is 1.55 bits per heavy atom. The van der Waals surface area contributed by atoms with Gasteiger partial charge in [0.05, 0.1) is 9.48 Å². The van der Waals surface area contributed by atoms with E-state index in [4.69, 9.17) is 5.73 Å². The first-order valence-corrected chi connectivity index (χ1v) is 4.64. The topological polar surface area (TPSA) is 38.9 Å². The lowest BCUT2D eigenvalue weighted by atomic mass is 10.2. The largest absolute Gasteiger partial charge is 0.375 e. The second-order valence-electron chi connectivity index (χ2n) is 2.37. The highest BCUT2D eigenvalue weighted by Gasteiger charge is 2.09. The number of anilines is 1. The van der Waals surface area contributed by atoms with E-state index in [1.54, 1.807) is 0 Å². The van der Waals surface area contributed by atoms with Gasteiger partial charge in [0.1, 0.15) is 0 Å². The van der Waals surface area contributed by atoms with Crippen molar-refractivity contribution in [2.45, 2.75) is 19.8 Å². The standard InChI is InChI=1S/C6H9BrN2S.BrH/c1-3(2)4-5(7)10-6(8)9-4;/h3H,1-2H3,(H2,8,9);1H. The molecule has 0 fully saturated rings.